The van der Waals surface area contributed by atoms with E-state index in [1.165, 1.54) is 7.85 Å². The molecule has 0 amide bonds. The first-order valence-electron chi connectivity index (χ1n) is 1.09. The minimum absolute atomic E-state index is 0.0355. The van der Waals surface area contributed by atoms with Crippen LogP contribution < -0.4 is 0 Å². The maximum absolute atomic E-state index is 9.70. The van der Waals surface area contributed by atoms with Crippen LogP contribution in [0.25, 0.3) is 0 Å². The van der Waals surface area contributed by atoms with E-state index in [-0.39, 0.29) is 5.01 Å². The lowest BCUT2D eigenvalue weighted by molar-refractivity contribution is 0.276. The van der Waals surface area contributed by atoms with Gasteiger partial charge in [-0.05, 0) is 10.8 Å². The highest BCUT2D eigenvalue weighted by molar-refractivity contribution is 8.75. The number of thiol groups is 1. The van der Waals surface area contributed by atoms with Crippen molar-refractivity contribution in [2.75, 3.05) is 0 Å². The Labute approximate surface area is 40.7 Å². The van der Waals surface area contributed by atoms with Gasteiger partial charge in [0.15, 0.2) is 0 Å². The van der Waals surface area contributed by atoms with Gasteiger partial charge in [-0.3, -0.25) is 4.79 Å². The molecule has 0 saturated carbocycles. The molecule has 0 spiro atoms. The molecule has 0 bridgehead atoms. The van der Waals surface area contributed by atoms with Gasteiger partial charge in [-0.25, -0.2) is 0 Å². The zero-order chi connectivity index (χ0) is 4.28. The highest BCUT2D eigenvalue weighted by atomic mass is 33.1. The van der Waals surface area contributed by atoms with Crippen LogP contribution in [0.4, 0.5) is 4.79 Å². The fourth-order valence-corrected chi connectivity index (χ4v) is 0. The van der Waals surface area contributed by atoms with Gasteiger partial charge < -0.3 is 0 Å². The highest BCUT2D eigenvalue weighted by Crippen LogP contribution is 2.02. The number of rotatable bonds is 0. The maximum atomic E-state index is 9.70. The molecule has 0 aliphatic carbocycles. The van der Waals surface area contributed by atoms with Gasteiger partial charge in [0, 0.05) is 0 Å². The molecule has 0 rings (SSSR count). The van der Waals surface area contributed by atoms with Crippen molar-refractivity contribution in [2.45, 2.75) is 0 Å². The van der Waals surface area contributed by atoms with Gasteiger partial charge in [0.25, 0.3) is 0 Å². The molecular weight excluding hydrogens is 103 g/mol. The summed E-state index contributed by atoms with van der Waals surface area (Å²) >= 11 is 3.58. The third-order valence-electron chi connectivity index (χ3n) is 0.129. The first kappa shape index (κ1) is 5.43. The van der Waals surface area contributed by atoms with E-state index < -0.39 is 0 Å². The Morgan fingerprint density at radius 3 is 2.20 bits per heavy atom. The van der Waals surface area contributed by atoms with Crippen molar-refractivity contribution in [3.8, 4) is 0 Å². The molecule has 0 N–H and O–H groups in total. The second kappa shape index (κ2) is 2.66. The Balaban J connectivity index is 2.85. The van der Waals surface area contributed by atoms with Crippen LogP contribution in [0.2, 0.25) is 0 Å². The second-order valence-corrected chi connectivity index (χ2v) is 1.89. The Morgan fingerprint density at radius 1 is 2.00 bits per heavy atom. The van der Waals surface area contributed by atoms with Crippen LogP contribution >= 0.6 is 22.5 Å². The van der Waals surface area contributed by atoms with Gasteiger partial charge >= 0.3 is 0 Å². The Morgan fingerprint density at radius 2 is 2.20 bits per heavy atom. The van der Waals surface area contributed by atoms with Gasteiger partial charge in [-0.1, -0.05) is 0 Å². The van der Waals surface area contributed by atoms with Gasteiger partial charge in [0.05, 0.1) is 0 Å². The van der Waals surface area contributed by atoms with Crippen molar-refractivity contribution < 1.29 is 4.79 Å². The van der Waals surface area contributed by atoms with Crippen LogP contribution in [-0.4, -0.2) is 12.9 Å². The summed E-state index contributed by atoms with van der Waals surface area (Å²) in [6, 6.07) is 0. The summed E-state index contributed by atoms with van der Waals surface area (Å²) in [7, 11) is 2.41. The number of hydrogen-bond donors (Lipinski definition) is 1. The van der Waals surface area contributed by atoms with Gasteiger partial charge in [-0.2, -0.15) is 0 Å². The van der Waals surface area contributed by atoms with E-state index in [0.717, 1.165) is 10.8 Å². The van der Waals surface area contributed by atoms with Crippen LogP contribution in [0, 0.1) is 0 Å². The van der Waals surface area contributed by atoms with Crippen molar-refractivity contribution in [2.24, 2.45) is 0 Å². The Kier molecular flexibility index (Phi) is 2.89. The summed E-state index contributed by atoms with van der Waals surface area (Å²) in [6.07, 6.45) is 0. The molecule has 0 aromatic carbocycles. The maximum Gasteiger partial charge on any atom is 0.202 e. The Bertz CT molecular complexity index is 44.9. The molecule has 0 heterocycles. The van der Waals surface area contributed by atoms with E-state index >= 15 is 0 Å². The van der Waals surface area contributed by atoms with Gasteiger partial charge in [0.1, 0.15) is 5.01 Å². The lowest BCUT2D eigenvalue weighted by atomic mass is 10.2. The zero-order valence-electron chi connectivity index (χ0n) is 2.76. The molecule has 0 saturated heterocycles. The summed E-state index contributed by atoms with van der Waals surface area (Å²) in [6.45, 7) is 0. The molecule has 0 aliphatic rings. The van der Waals surface area contributed by atoms with Crippen molar-refractivity contribution in [3.05, 3.63) is 0 Å². The smallest absolute Gasteiger partial charge is 0.202 e. The molecule has 5 heavy (non-hydrogen) atoms. The van der Waals surface area contributed by atoms with E-state index in [1.807, 2.05) is 0 Å². The average Bonchev–Trinajstić information content (AvgIpc) is 1.38. The Hall–Kier alpha value is 0.435. The van der Waals surface area contributed by atoms with Crippen LogP contribution in [0.3, 0.4) is 0 Å². The fraction of sp³-hybridized carbons (Fsp3) is 0. The quantitative estimate of drug-likeness (QED) is 0.272. The van der Waals surface area contributed by atoms with Crippen LogP contribution in [-0.2, 0) is 0 Å². The number of carbonyl (C=O) groups excluding carboxylic acids is 1. The highest BCUT2D eigenvalue weighted by Gasteiger charge is 1.79. The van der Waals surface area contributed by atoms with Crippen molar-refractivity contribution in [1.82, 2.24) is 0 Å². The minimum atomic E-state index is 0.0355. The molecule has 0 fully saturated rings. The van der Waals surface area contributed by atoms with Crippen molar-refractivity contribution >= 4 is 35.3 Å². The first-order valence-corrected chi connectivity index (χ1v) is 2.96. The largest absolute Gasteiger partial charge is 0.299 e. The second-order valence-electron chi connectivity index (χ2n) is 0.583. The molecule has 0 atom stereocenters. The lowest BCUT2D eigenvalue weighted by Gasteiger charge is -1.70. The predicted molar refractivity (Wildman–Crippen MR) is 30.5 cm³/mol. The molecule has 0 radical (unpaired) electrons. The fourth-order valence-electron chi connectivity index (χ4n) is 0. The summed E-state index contributed by atoms with van der Waals surface area (Å²) < 4.78 is 0. The average molecular weight is 106 g/mol. The van der Waals surface area contributed by atoms with E-state index in [2.05, 4.69) is 11.7 Å². The van der Waals surface area contributed by atoms with Crippen molar-refractivity contribution in [3.63, 3.8) is 0 Å². The zero-order valence-corrected chi connectivity index (χ0v) is 4.47. The first-order chi connectivity index (χ1) is 2.27. The minimum Gasteiger partial charge on any atom is -0.299 e. The normalized spacial score (nSPS) is 7.40. The molecule has 0 unspecified atom stereocenters. The van der Waals surface area contributed by atoms with Gasteiger partial charge in [0.2, 0.25) is 7.85 Å². The molecule has 0 aromatic heterocycles. The van der Waals surface area contributed by atoms with E-state index in [1.54, 1.807) is 0 Å². The summed E-state index contributed by atoms with van der Waals surface area (Å²) in [5, 5.41) is 0.0355. The van der Waals surface area contributed by atoms with Crippen molar-refractivity contribution in [1.29, 1.82) is 0 Å². The third kappa shape index (κ3) is 4.43. The monoisotopic (exact) mass is 106 g/mol. The molecule has 0 aliphatic heterocycles. The summed E-state index contributed by atoms with van der Waals surface area (Å²) in [4.78, 5) is 9.70. The molecule has 1 nitrogen and oxygen atoms in total. The van der Waals surface area contributed by atoms with Crippen LogP contribution in [0.1, 0.15) is 0 Å². The SMILES string of the molecule is BC(=O)SS. The van der Waals surface area contributed by atoms with Gasteiger partial charge in [-0.15, -0.1) is 11.7 Å². The summed E-state index contributed by atoms with van der Waals surface area (Å²) in [5.41, 5.74) is 0. The molecule has 28 valence electrons. The number of hydrogen-bond acceptors (Lipinski definition) is 3. The van der Waals surface area contributed by atoms with Crippen LogP contribution in [0.5, 0.6) is 0 Å². The number of carbonyl (C=O) groups is 1. The standard InChI is InChI=1S/CH3BOS2/c2-1(3)5-4/h4H,2H2. The van der Waals surface area contributed by atoms with E-state index in [9.17, 15) is 4.79 Å². The lowest BCUT2D eigenvalue weighted by Crippen LogP contribution is -1.74. The predicted octanol–water partition coefficient (Wildman–Crippen LogP) is 0.317. The topological polar surface area (TPSA) is 17.1 Å². The molecule has 4 heteroatoms. The van der Waals surface area contributed by atoms with E-state index in [4.69, 9.17) is 0 Å². The molecular formula is CH3BOS2. The molecule has 0 aromatic rings. The van der Waals surface area contributed by atoms with E-state index in [0.29, 0.717) is 0 Å². The third-order valence-corrected chi connectivity index (χ3v) is 1.16. The van der Waals surface area contributed by atoms with Crippen LogP contribution in [0.15, 0.2) is 0 Å². The summed E-state index contributed by atoms with van der Waals surface area (Å²) in [5.74, 6) is 0.